The van der Waals surface area contributed by atoms with Crippen molar-refractivity contribution in [2.24, 2.45) is 0 Å². The number of carbonyl (C=O) groups excluding carboxylic acids is 1. The van der Waals surface area contributed by atoms with Gasteiger partial charge in [-0.2, -0.15) is 5.10 Å². The first-order chi connectivity index (χ1) is 11.0. The van der Waals surface area contributed by atoms with Crippen molar-refractivity contribution in [2.75, 3.05) is 13.7 Å². The Hall–Kier alpha value is -3.03. The van der Waals surface area contributed by atoms with E-state index in [4.69, 9.17) is 4.74 Å². The van der Waals surface area contributed by atoms with Crippen molar-refractivity contribution in [3.63, 3.8) is 0 Å². The Balaban J connectivity index is 2.57. The molecule has 0 aliphatic rings. The summed E-state index contributed by atoms with van der Waals surface area (Å²) in [6.07, 6.45) is 1.44. The van der Waals surface area contributed by atoms with E-state index in [-0.39, 0.29) is 18.1 Å². The molecule has 0 saturated carbocycles. The molecular weight excluding hydrogens is 308 g/mol. The number of halogens is 2. The van der Waals surface area contributed by atoms with Gasteiger partial charge in [0.1, 0.15) is 0 Å². The van der Waals surface area contributed by atoms with Crippen molar-refractivity contribution >= 4 is 5.91 Å². The molecule has 0 fully saturated rings. The average molecular weight is 321 g/mol. The van der Waals surface area contributed by atoms with E-state index < -0.39 is 28.7 Å². The molecule has 1 aromatic carbocycles. The normalized spacial score (nSPS) is 10.2. The fourth-order valence-corrected chi connectivity index (χ4v) is 1.79. The summed E-state index contributed by atoms with van der Waals surface area (Å²) in [6, 6.07) is 4.06. The van der Waals surface area contributed by atoms with Crippen molar-refractivity contribution in [3.8, 4) is 11.6 Å². The fraction of sp³-hybridized carbons (Fsp3) is 0.133. The van der Waals surface area contributed by atoms with Gasteiger partial charge in [0.25, 0.3) is 5.91 Å². The molecule has 120 valence electrons. The molecule has 23 heavy (non-hydrogen) atoms. The van der Waals surface area contributed by atoms with E-state index >= 15 is 0 Å². The third-order valence-corrected chi connectivity index (χ3v) is 2.88. The molecule has 1 heterocycles. The first kappa shape index (κ1) is 16.3. The number of nitrogens with one attached hydrogen (secondary N) is 1. The number of nitrogens with zero attached hydrogens (tertiary/aromatic N) is 2. The molecule has 6 nitrogen and oxygen atoms in total. The molecule has 1 aromatic heterocycles. The van der Waals surface area contributed by atoms with Gasteiger partial charge in [-0.3, -0.25) is 9.59 Å². The SMILES string of the molecule is C=CCNC(=O)c1nn(-c2ccc(F)c(F)c2)c(OC)cc1=O. The molecular formula is C15H13F2N3O3. The minimum Gasteiger partial charge on any atom is -0.481 e. The van der Waals surface area contributed by atoms with E-state index in [9.17, 15) is 18.4 Å². The van der Waals surface area contributed by atoms with Gasteiger partial charge in [0.05, 0.1) is 18.9 Å². The van der Waals surface area contributed by atoms with Gasteiger partial charge in [-0.25, -0.2) is 13.5 Å². The summed E-state index contributed by atoms with van der Waals surface area (Å²) in [4.78, 5) is 23.9. The van der Waals surface area contributed by atoms with Crippen molar-refractivity contribution in [1.29, 1.82) is 0 Å². The highest BCUT2D eigenvalue weighted by atomic mass is 19.2. The predicted octanol–water partition coefficient (Wildman–Crippen LogP) is 1.44. The molecule has 0 atom stereocenters. The van der Waals surface area contributed by atoms with E-state index in [0.717, 1.165) is 22.9 Å². The maximum absolute atomic E-state index is 13.4. The second kappa shape index (κ2) is 6.82. The Morgan fingerprint density at radius 3 is 2.74 bits per heavy atom. The quantitative estimate of drug-likeness (QED) is 0.846. The molecule has 2 rings (SSSR count). The maximum atomic E-state index is 13.4. The molecule has 0 bridgehead atoms. The van der Waals surface area contributed by atoms with Crippen LogP contribution in [-0.4, -0.2) is 29.3 Å². The summed E-state index contributed by atoms with van der Waals surface area (Å²) >= 11 is 0. The van der Waals surface area contributed by atoms with E-state index in [1.165, 1.54) is 19.3 Å². The lowest BCUT2D eigenvalue weighted by Gasteiger charge is -2.12. The number of aromatic nitrogens is 2. The highest BCUT2D eigenvalue weighted by Crippen LogP contribution is 2.17. The van der Waals surface area contributed by atoms with E-state index in [2.05, 4.69) is 17.0 Å². The molecule has 0 unspecified atom stereocenters. The number of rotatable bonds is 5. The molecule has 2 aromatic rings. The van der Waals surface area contributed by atoms with Gasteiger partial charge in [-0.1, -0.05) is 6.08 Å². The van der Waals surface area contributed by atoms with E-state index in [1.807, 2.05) is 0 Å². The van der Waals surface area contributed by atoms with Crippen LogP contribution in [0.3, 0.4) is 0 Å². The maximum Gasteiger partial charge on any atom is 0.276 e. The summed E-state index contributed by atoms with van der Waals surface area (Å²) < 4.78 is 32.5. The van der Waals surface area contributed by atoms with Gasteiger partial charge < -0.3 is 10.1 Å². The second-order valence-electron chi connectivity index (χ2n) is 4.41. The largest absolute Gasteiger partial charge is 0.481 e. The number of benzene rings is 1. The zero-order valence-electron chi connectivity index (χ0n) is 12.2. The smallest absolute Gasteiger partial charge is 0.276 e. The number of hydrogen-bond acceptors (Lipinski definition) is 4. The Bertz CT molecular complexity index is 818. The summed E-state index contributed by atoms with van der Waals surface area (Å²) in [7, 11) is 1.28. The standard InChI is InChI=1S/C15H13F2N3O3/c1-3-6-18-15(22)14-12(21)8-13(23-2)20(19-14)9-4-5-10(16)11(17)7-9/h3-5,7-8H,1,6H2,2H3,(H,18,22). The second-order valence-corrected chi connectivity index (χ2v) is 4.41. The molecule has 8 heteroatoms. The van der Waals surface area contributed by atoms with Crippen LogP contribution in [-0.2, 0) is 0 Å². The van der Waals surface area contributed by atoms with E-state index in [1.54, 1.807) is 0 Å². The molecule has 1 amide bonds. The minimum absolute atomic E-state index is 0.0266. The summed E-state index contributed by atoms with van der Waals surface area (Å²) in [5, 5.41) is 6.30. The topological polar surface area (TPSA) is 73.2 Å². The van der Waals surface area contributed by atoms with Crippen LogP contribution in [0.1, 0.15) is 10.5 Å². The van der Waals surface area contributed by atoms with Crippen LogP contribution in [0.5, 0.6) is 5.88 Å². The average Bonchev–Trinajstić information content (AvgIpc) is 2.54. The highest BCUT2D eigenvalue weighted by molar-refractivity contribution is 5.92. The van der Waals surface area contributed by atoms with E-state index in [0.29, 0.717) is 0 Å². The molecule has 0 aliphatic heterocycles. The number of ether oxygens (including phenoxy) is 1. The van der Waals surface area contributed by atoms with Gasteiger partial charge in [-0.05, 0) is 12.1 Å². The van der Waals surface area contributed by atoms with Crippen molar-refractivity contribution < 1.29 is 18.3 Å². The third-order valence-electron chi connectivity index (χ3n) is 2.88. The molecule has 1 N–H and O–H groups in total. The predicted molar refractivity (Wildman–Crippen MR) is 78.8 cm³/mol. The Kier molecular flexibility index (Phi) is 4.85. The Morgan fingerprint density at radius 1 is 1.39 bits per heavy atom. The van der Waals surface area contributed by atoms with Gasteiger partial charge >= 0.3 is 0 Å². The number of methoxy groups -OCH3 is 1. The zero-order valence-corrected chi connectivity index (χ0v) is 12.2. The summed E-state index contributed by atoms with van der Waals surface area (Å²) in [5.41, 5.74) is -0.974. The Labute approximate surface area is 130 Å². The van der Waals surface area contributed by atoms with Gasteiger partial charge in [0.15, 0.2) is 17.3 Å². The van der Waals surface area contributed by atoms with Crippen molar-refractivity contribution in [2.45, 2.75) is 0 Å². The van der Waals surface area contributed by atoms with Crippen LogP contribution in [0, 0.1) is 11.6 Å². The van der Waals surface area contributed by atoms with Gasteiger partial charge in [0, 0.05) is 12.6 Å². The highest BCUT2D eigenvalue weighted by Gasteiger charge is 2.17. The van der Waals surface area contributed by atoms with Crippen LogP contribution < -0.4 is 15.5 Å². The lowest BCUT2D eigenvalue weighted by Crippen LogP contribution is -2.31. The zero-order chi connectivity index (χ0) is 17.0. The lowest BCUT2D eigenvalue weighted by molar-refractivity contribution is 0.0950. The van der Waals surface area contributed by atoms with Crippen LogP contribution in [0.4, 0.5) is 8.78 Å². The first-order valence-corrected chi connectivity index (χ1v) is 6.50. The number of hydrogen-bond donors (Lipinski definition) is 1. The van der Waals surface area contributed by atoms with Gasteiger partial charge in [-0.15, -0.1) is 6.58 Å². The molecule has 0 saturated heterocycles. The fourth-order valence-electron chi connectivity index (χ4n) is 1.79. The van der Waals surface area contributed by atoms with Crippen molar-refractivity contribution in [3.05, 3.63) is 64.5 Å². The minimum atomic E-state index is -1.09. The molecule has 0 spiro atoms. The van der Waals surface area contributed by atoms with Crippen molar-refractivity contribution in [1.82, 2.24) is 15.1 Å². The van der Waals surface area contributed by atoms with Crippen LogP contribution in [0.2, 0.25) is 0 Å². The summed E-state index contributed by atoms with van der Waals surface area (Å²) in [5.74, 6) is -2.87. The van der Waals surface area contributed by atoms with Crippen LogP contribution >= 0.6 is 0 Å². The third kappa shape index (κ3) is 3.42. The summed E-state index contributed by atoms with van der Waals surface area (Å²) in [6.45, 7) is 3.59. The monoisotopic (exact) mass is 321 g/mol. The molecule has 0 aliphatic carbocycles. The lowest BCUT2D eigenvalue weighted by atomic mass is 10.3. The van der Waals surface area contributed by atoms with Crippen LogP contribution in [0.25, 0.3) is 5.69 Å². The van der Waals surface area contributed by atoms with Gasteiger partial charge in [0.2, 0.25) is 11.3 Å². The molecule has 0 radical (unpaired) electrons. The number of amides is 1. The Morgan fingerprint density at radius 2 is 2.13 bits per heavy atom. The number of carbonyl (C=O) groups is 1. The van der Waals surface area contributed by atoms with Crippen LogP contribution in [0.15, 0.2) is 41.7 Å². The first-order valence-electron chi connectivity index (χ1n) is 6.50.